The second kappa shape index (κ2) is 13.5. The van der Waals surface area contributed by atoms with Crippen LogP contribution in [0.25, 0.3) is 0 Å². The van der Waals surface area contributed by atoms with Crippen LogP contribution in [-0.4, -0.2) is 51.4 Å². The number of rotatable bonds is 12. The van der Waals surface area contributed by atoms with E-state index in [0.717, 1.165) is 24.8 Å². The number of ether oxygens (including phenoxy) is 1. The highest BCUT2D eigenvalue weighted by molar-refractivity contribution is 6.07. The quantitative estimate of drug-likeness (QED) is 0.165. The van der Waals surface area contributed by atoms with E-state index in [1.165, 1.54) is 36.5 Å². The first-order chi connectivity index (χ1) is 18.9. The molecule has 0 aromatic heterocycles. The van der Waals surface area contributed by atoms with Crippen LogP contribution in [0.1, 0.15) is 59.8 Å². The number of fused-ring (bicyclic) bond motifs is 1. The Labute approximate surface area is 234 Å². The molecule has 0 radical (unpaired) electrons. The third-order valence-electron chi connectivity index (χ3n) is 6.81. The lowest BCUT2D eigenvalue weighted by molar-refractivity contribution is -0.121. The summed E-state index contributed by atoms with van der Waals surface area (Å²) in [5, 5.41) is 25.7. The zero-order valence-corrected chi connectivity index (χ0v) is 23.4. The van der Waals surface area contributed by atoms with Crippen molar-refractivity contribution in [2.45, 2.75) is 77.6 Å². The largest absolute Gasteiger partial charge is 0.510 e. The van der Waals surface area contributed by atoms with E-state index >= 15 is 0 Å². The van der Waals surface area contributed by atoms with E-state index in [0.29, 0.717) is 11.5 Å². The maximum absolute atomic E-state index is 12.8. The van der Waals surface area contributed by atoms with Gasteiger partial charge in [0.1, 0.15) is 23.2 Å². The van der Waals surface area contributed by atoms with E-state index in [9.17, 15) is 29.4 Å². The number of hydrogen-bond donors (Lipinski definition) is 4. The summed E-state index contributed by atoms with van der Waals surface area (Å²) in [6.07, 6.45) is 16.0. The van der Waals surface area contributed by atoms with Crippen LogP contribution < -0.4 is 10.6 Å². The molecular formula is C31H38N2O7. The van der Waals surface area contributed by atoms with Gasteiger partial charge in [0.15, 0.2) is 11.9 Å². The van der Waals surface area contributed by atoms with Crippen LogP contribution >= 0.6 is 0 Å². The monoisotopic (exact) mass is 550 g/mol. The van der Waals surface area contributed by atoms with Crippen LogP contribution in [0.3, 0.4) is 0 Å². The topological polar surface area (TPSA) is 145 Å². The van der Waals surface area contributed by atoms with Gasteiger partial charge in [-0.2, -0.15) is 0 Å². The van der Waals surface area contributed by atoms with Gasteiger partial charge in [0, 0.05) is 24.5 Å². The lowest BCUT2D eigenvalue weighted by Crippen LogP contribution is -2.42. The molecule has 2 amide bonds. The third-order valence-corrected chi connectivity index (χ3v) is 6.81. The van der Waals surface area contributed by atoms with Crippen molar-refractivity contribution in [3.8, 4) is 0 Å². The standard InChI is InChI=1S/C31H38N2O7/c1-5-6-11-19(2)16-20(3)17-21(4)30(38)32-22-18-31(39,29-28(40-29)27(22)37)15-10-8-7-9-12-25(36)33-26-23(34)13-14-24(26)35/h7-10,12,15-19,28-29,34,39H,5-6,11,13-14H2,1-4H3,(H,32,38)(H,33,36)/b8-7+,12-9+,15-10+,20-16+,21-17+/t19-,28-,29+,31+/m0/s1. The van der Waals surface area contributed by atoms with Crippen LogP contribution in [0.5, 0.6) is 0 Å². The fourth-order valence-corrected chi connectivity index (χ4v) is 4.61. The minimum Gasteiger partial charge on any atom is -0.510 e. The van der Waals surface area contributed by atoms with Crippen LogP contribution in [0.4, 0.5) is 0 Å². The highest BCUT2D eigenvalue weighted by Crippen LogP contribution is 2.40. The number of epoxide rings is 1. The van der Waals surface area contributed by atoms with Crippen LogP contribution in [0.15, 0.2) is 83.0 Å². The van der Waals surface area contributed by atoms with Crippen molar-refractivity contribution in [2.75, 3.05) is 0 Å². The minimum atomic E-state index is -1.61. The van der Waals surface area contributed by atoms with Gasteiger partial charge in [0.25, 0.3) is 5.91 Å². The van der Waals surface area contributed by atoms with Crippen molar-refractivity contribution < 1.29 is 34.1 Å². The molecule has 0 aromatic rings. The lowest BCUT2D eigenvalue weighted by atomic mass is 9.88. The summed E-state index contributed by atoms with van der Waals surface area (Å²) >= 11 is 0. The molecule has 0 unspecified atom stereocenters. The number of Topliss-reactive ketones (excluding diaryl/α,β-unsaturated/α-hetero) is 2. The first-order valence-corrected chi connectivity index (χ1v) is 13.6. The molecule has 0 spiro atoms. The van der Waals surface area contributed by atoms with Crippen molar-refractivity contribution in [1.29, 1.82) is 0 Å². The smallest absolute Gasteiger partial charge is 0.251 e. The molecular weight excluding hydrogens is 512 g/mol. The summed E-state index contributed by atoms with van der Waals surface area (Å²) in [4.78, 5) is 49.0. The molecule has 9 nitrogen and oxygen atoms in total. The number of hydrogen-bond acceptors (Lipinski definition) is 7. The second-order valence-electron chi connectivity index (χ2n) is 10.4. The maximum Gasteiger partial charge on any atom is 0.251 e. The Morgan fingerprint density at radius 1 is 1.15 bits per heavy atom. The number of carbonyl (C=O) groups excluding carboxylic acids is 4. The molecule has 9 heteroatoms. The van der Waals surface area contributed by atoms with Crippen LogP contribution in [-0.2, 0) is 23.9 Å². The molecule has 3 aliphatic rings. The van der Waals surface area contributed by atoms with E-state index in [1.807, 2.05) is 6.92 Å². The zero-order chi connectivity index (χ0) is 29.4. The Morgan fingerprint density at radius 3 is 2.55 bits per heavy atom. The maximum atomic E-state index is 12.8. The Balaban J connectivity index is 1.60. The Morgan fingerprint density at radius 2 is 1.88 bits per heavy atom. The average molecular weight is 551 g/mol. The van der Waals surface area contributed by atoms with E-state index in [2.05, 4.69) is 30.6 Å². The van der Waals surface area contributed by atoms with Crippen molar-refractivity contribution in [2.24, 2.45) is 5.92 Å². The first kappa shape index (κ1) is 30.7. The molecule has 1 saturated heterocycles. The van der Waals surface area contributed by atoms with Gasteiger partial charge in [0.2, 0.25) is 11.7 Å². The number of aliphatic hydroxyl groups excluding tert-OH is 1. The van der Waals surface area contributed by atoms with Gasteiger partial charge in [-0.15, -0.1) is 0 Å². The summed E-state index contributed by atoms with van der Waals surface area (Å²) in [5.41, 5.74) is -0.310. The molecule has 0 saturated carbocycles. The predicted molar refractivity (Wildman–Crippen MR) is 151 cm³/mol. The molecule has 40 heavy (non-hydrogen) atoms. The fraction of sp³-hybridized carbons (Fsp3) is 0.419. The molecule has 214 valence electrons. The molecule has 1 fully saturated rings. The molecule has 2 aliphatic carbocycles. The molecule has 4 N–H and O–H groups in total. The van der Waals surface area contributed by atoms with E-state index in [4.69, 9.17) is 4.74 Å². The minimum absolute atomic E-state index is 0.0267. The highest BCUT2D eigenvalue weighted by atomic mass is 16.6. The summed E-state index contributed by atoms with van der Waals surface area (Å²) < 4.78 is 5.39. The van der Waals surface area contributed by atoms with Crippen molar-refractivity contribution in [1.82, 2.24) is 10.6 Å². The van der Waals surface area contributed by atoms with Gasteiger partial charge >= 0.3 is 0 Å². The molecule has 0 bridgehead atoms. The summed E-state index contributed by atoms with van der Waals surface area (Å²) in [7, 11) is 0. The van der Waals surface area contributed by atoms with Crippen molar-refractivity contribution in [3.05, 3.63) is 83.0 Å². The SMILES string of the molecule is CCCC[C@H](C)/C=C(C)/C=C(\C)C(=O)NC1=C[C@](O)(/C=C/C=C/C=C/C(=O)NC2=C(O)CCC2=O)[C@@H]2O[C@H]2C1=O. The van der Waals surface area contributed by atoms with Gasteiger partial charge < -0.3 is 25.6 Å². The molecule has 1 aliphatic heterocycles. The van der Waals surface area contributed by atoms with E-state index in [-0.39, 0.29) is 35.8 Å². The molecule has 1 heterocycles. The third kappa shape index (κ3) is 8.09. The zero-order valence-electron chi connectivity index (χ0n) is 23.4. The van der Waals surface area contributed by atoms with Crippen LogP contribution in [0.2, 0.25) is 0 Å². The number of allylic oxidation sites excluding steroid dienone is 9. The van der Waals surface area contributed by atoms with Gasteiger partial charge in [-0.1, -0.05) is 68.7 Å². The van der Waals surface area contributed by atoms with E-state index in [1.54, 1.807) is 19.1 Å². The number of amides is 2. The summed E-state index contributed by atoms with van der Waals surface area (Å²) in [6.45, 7) is 7.90. The Bertz CT molecular complexity index is 1260. The van der Waals surface area contributed by atoms with Gasteiger partial charge in [0.05, 0.1) is 5.70 Å². The first-order valence-electron chi connectivity index (χ1n) is 13.6. The lowest BCUT2D eigenvalue weighted by Gasteiger charge is -2.23. The summed E-state index contributed by atoms with van der Waals surface area (Å²) in [6, 6.07) is 0. The number of unbranched alkanes of at least 4 members (excludes halogenated alkanes) is 1. The summed E-state index contributed by atoms with van der Waals surface area (Å²) in [5.74, 6) is -1.43. The number of nitrogens with one attached hydrogen (secondary N) is 2. The van der Waals surface area contributed by atoms with Crippen LogP contribution in [0, 0.1) is 5.92 Å². The predicted octanol–water partition coefficient (Wildman–Crippen LogP) is 3.70. The molecule has 4 atom stereocenters. The van der Waals surface area contributed by atoms with Gasteiger partial charge in [-0.3, -0.25) is 19.2 Å². The number of ketones is 2. The fourth-order valence-electron chi connectivity index (χ4n) is 4.61. The molecule has 0 aromatic carbocycles. The Kier molecular flexibility index (Phi) is 10.4. The highest BCUT2D eigenvalue weighted by Gasteiger charge is 2.59. The van der Waals surface area contributed by atoms with E-state index < -0.39 is 35.4 Å². The van der Waals surface area contributed by atoms with Gasteiger partial charge in [-0.05, 0) is 38.3 Å². The average Bonchev–Trinajstić information content (AvgIpc) is 3.66. The number of aliphatic hydroxyl groups is 2. The van der Waals surface area contributed by atoms with Gasteiger partial charge in [-0.25, -0.2) is 0 Å². The normalized spacial score (nSPS) is 26.1. The van der Waals surface area contributed by atoms with Crippen molar-refractivity contribution >= 4 is 23.4 Å². The molecule has 3 rings (SSSR count). The second-order valence-corrected chi connectivity index (χ2v) is 10.4. The number of carbonyl (C=O) groups is 4. The Hall–Kier alpha value is -3.82. The van der Waals surface area contributed by atoms with Crippen molar-refractivity contribution in [3.63, 3.8) is 0 Å².